The largest absolute Gasteiger partial charge is 0.495 e. The second kappa shape index (κ2) is 10.4. The van der Waals surface area contributed by atoms with Crippen molar-refractivity contribution >= 4 is 33.7 Å². The average molecular weight is 461 g/mol. The van der Waals surface area contributed by atoms with E-state index in [0.717, 1.165) is 22.8 Å². The van der Waals surface area contributed by atoms with Crippen molar-refractivity contribution in [3.8, 4) is 5.75 Å². The van der Waals surface area contributed by atoms with Crippen LogP contribution in [-0.2, 0) is 24.3 Å². The maximum absolute atomic E-state index is 12.5. The van der Waals surface area contributed by atoms with Crippen molar-refractivity contribution in [3.63, 3.8) is 0 Å². The number of amides is 1. The van der Waals surface area contributed by atoms with Crippen LogP contribution in [0.5, 0.6) is 5.75 Å². The van der Waals surface area contributed by atoms with Gasteiger partial charge in [-0.15, -0.1) is 0 Å². The second-order valence-electron chi connectivity index (χ2n) is 7.29. The van der Waals surface area contributed by atoms with E-state index in [9.17, 15) is 18.0 Å². The zero-order valence-electron chi connectivity index (χ0n) is 19.0. The van der Waals surface area contributed by atoms with E-state index in [1.807, 2.05) is 32.9 Å². The molecule has 0 aliphatic rings. The van der Waals surface area contributed by atoms with E-state index in [4.69, 9.17) is 9.47 Å². The van der Waals surface area contributed by atoms with E-state index in [1.165, 1.54) is 39.3 Å². The number of sulfonamides is 1. The monoisotopic (exact) mass is 460 g/mol. The van der Waals surface area contributed by atoms with Gasteiger partial charge in [0.25, 0.3) is 5.91 Å². The van der Waals surface area contributed by atoms with Crippen molar-refractivity contribution in [1.82, 2.24) is 4.72 Å². The molecule has 2 N–H and O–H groups in total. The minimum atomic E-state index is -3.75. The fourth-order valence-electron chi connectivity index (χ4n) is 3.15. The molecule has 32 heavy (non-hydrogen) atoms. The molecule has 0 radical (unpaired) electrons. The quantitative estimate of drug-likeness (QED) is 0.463. The first-order valence-electron chi connectivity index (χ1n) is 9.87. The first-order chi connectivity index (χ1) is 15.0. The fourth-order valence-corrected chi connectivity index (χ4v) is 4.08. The minimum Gasteiger partial charge on any atom is -0.495 e. The zero-order chi connectivity index (χ0) is 24.1. The molecule has 2 aromatic rings. The summed E-state index contributed by atoms with van der Waals surface area (Å²) >= 11 is 0. The lowest BCUT2D eigenvalue weighted by molar-refractivity contribution is -0.148. The molecule has 0 aliphatic heterocycles. The van der Waals surface area contributed by atoms with Gasteiger partial charge in [-0.3, -0.25) is 4.79 Å². The number of hydrogen-bond acceptors (Lipinski definition) is 6. The molecule has 0 heterocycles. The molecule has 8 nitrogen and oxygen atoms in total. The van der Waals surface area contributed by atoms with Crippen LogP contribution >= 0.6 is 0 Å². The molecular weight excluding hydrogens is 432 g/mol. The van der Waals surface area contributed by atoms with Gasteiger partial charge >= 0.3 is 5.97 Å². The highest BCUT2D eigenvalue weighted by Gasteiger charge is 2.19. The summed E-state index contributed by atoms with van der Waals surface area (Å²) in [5.74, 6) is -1.02. The van der Waals surface area contributed by atoms with Crippen molar-refractivity contribution in [2.75, 3.05) is 19.5 Å². The Morgan fingerprint density at radius 2 is 1.69 bits per heavy atom. The number of carbonyl (C=O) groups excluding carboxylic acids is 2. The molecule has 1 unspecified atom stereocenters. The standard InChI is InChI=1S/C23H28N2O6S/c1-14-11-15(2)22(16(3)12-14)25-23(27)17(4)31-21(26)10-8-18-7-9-19(30-6)20(13-18)32(28,29)24-5/h7-13,17,24H,1-6H3,(H,25,27)/b10-8+. The van der Waals surface area contributed by atoms with Crippen molar-refractivity contribution in [2.24, 2.45) is 0 Å². The Balaban J connectivity index is 2.09. The van der Waals surface area contributed by atoms with Crippen molar-refractivity contribution in [2.45, 2.75) is 38.7 Å². The van der Waals surface area contributed by atoms with Crippen LogP contribution in [0.25, 0.3) is 6.08 Å². The van der Waals surface area contributed by atoms with Crippen LogP contribution in [0.4, 0.5) is 5.69 Å². The van der Waals surface area contributed by atoms with Gasteiger partial charge in [0.15, 0.2) is 6.10 Å². The molecular formula is C23H28N2O6S. The van der Waals surface area contributed by atoms with Gasteiger partial charge in [-0.05, 0) is 69.6 Å². The van der Waals surface area contributed by atoms with Gasteiger partial charge in [-0.2, -0.15) is 0 Å². The Morgan fingerprint density at radius 1 is 1.06 bits per heavy atom. The zero-order valence-corrected chi connectivity index (χ0v) is 19.8. The summed E-state index contributed by atoms with van der Waals surface area (Å²) in [5.41, 5.74) is 4.06. The molecule has 0 spiro atoms. The molecule has 2 aromatic carbocycles. The number of hydrogen-bond donors (Lipinski definition) is 2. The summed E-state index contributed by atoms with van der Waals surface area (Å²) in [4.78, 5) is 24.6. The Kier molecular flexibility index (Phi) is 8.18. The van der Waals surface area contributed by atoms with Crippen molar-refractivity contribution in [3.05, 3.63) is 58.7 Å². The average Bonchev–Trinajstić information content (AvgIpc) is 2.74. The summed E-state index contributed by atoms with van der Waals surface area (Å²) in [6, 6.07) is 8.36. The number of anilines is 1. The summed E-state index contributed by atoms with van der Waals surface area (Å²) in [6.07, 6.45) is 1.50. The van der Waals surface area contributed by atoms with Gasteiger partial charge in [0.05, 0.1) is 7.11 Å². The summed E-state index contributed by atoms with van der Waals surface area (Å²) in [7, 11) is -1.09. The normalized spacial score (nSPS) is 12.4. The van der Waals surface area contributed by atoms with Crippen LogP contribution in [0.3, 0.4) is 0 Å². The minimum absolute atomic E-state index is 0.0606. The summed E-state index contributed by atoms with van der Waals surface area (Å²) < 4.78 is 36.8. The van der Waals surface area contributed by atoms with Crippen LogP contribution in [0.15, 0.2) is 41.3 Å². The number of methoxy groups -OCH3 is 1. The topological polar surface area (TPSA) is 111 Å². The molecule has 0 aromatic heterocycles. The third-order valence-corrected chi connectivity index (χ3v) is 6.18. The van der Waals surface area contributed by atoms with Crippen LogP contribution in [-0.4, -0.2) is 40.6 Å². The van der Waals surface area contributed by atoms with Crippen LogP contribution in [0.2, 0.25) is 0 Å². The lowest BCUT2D eigenvalue weighted by Gasteiger charge is -2.16. The Morgan fingerprint density at radius 3 is 2.25 bits per heavy atom. The SMILES string of the molecule is CNS(=O)(=O)c1cc(/C=C/C(=O)OC(C)C(=O)Nc2c(C)cc(C)cc2C)ccc1OC. The number of carbonyl (C=O) groups is 2. The van der Waals surface area contributed by atoms with Crippen LogP contribution < -0.4 is 14.8 Å². The Hall–Kier alpha value is -3.17. The van der Waals surface area contributed by atoms with Gasteiger partial charge in [0.1, 0.15) is 10.6 Å². The van der Waals surface area contributed by atoms with E-state index in [0.29, 0.717) is 11.3 Å². The smallest absolute Gasteiger partial charge is 0.331 e. The number of esters is 1. The number of ether oxygens (including phenoxy) is 2. The van der Waals surface area contributed by atoms with Gasteiger partial charge in [0.2, 0.25) is 10.0 Å². The van der Waals surface area contributed by atoms with E-state index in [1.54, 1.807) is 6.07 Å². The lowest BCUT2D eigenvalue weighted by atomic mass is 10.0. The van der Waals surface area contributed by atoms with E-state index in [2.05, 4.69) is 10.0 Å². The Bertz CT molecular complexity index is 1130. The molecule has 0 fully saturated rings. The number of rotatable bonds is 8. The molecule has 9 heteroatoms. The maximum atomic E-state index is 12.5. The summed E-state index contributed by atoms with van der Waals surface area (Å²) in [5, 5.41) is 2.80. The molecule has 1 amide bonds. The molecule has 2 rings (SSSR count). The van der Waals surface area contributed by atoms with Crippen molar-refractivity contribution in [1.29, 1.82) is 0 Å². The van der Waals surface area contributed by atoms with Crippen molar-refractivity contribution < 1.29 is 27.5 Å². The number of benzene rings is 2. The van der Waals surface area contributed by atoms with E-state index < -0.39 is 28.0 Å². The van der Waals surface area contributed by atoms with E-state index >= 15 is 0 Å². The molecule has 0 aliphatic carbocycles. The van der Waals surface area contributed by atoms with Gasteiger partial charge in [-0.25, -0.2) is 17.9 Å². The Labute approximate surface area is 188 Å². The third-order valence-electron chi connectivity index (χ3n) is 4.75. The first kappa shape index (κ1) is 25.1. The fraction of sp³-hybridized carbons (Fsp3) is 0.304. The first-order valence-corrected chi connectivity index (χ1v) is 11.4. The predicted octanol–water partition coefficient (Wildman–Crippen LogP) is 3.11. The second-order valence-corrected chi connectivity index (χ2v) is 9.15. The van der Waals surface area contributed by atoms with Gasteiger partial charge in [-0.1, -0.05) is 23.8 Å². The lowest BCUT2D eigenvalue weighted by Crippen LogP contribution is -2.30. The molecule has 1 atom stereocenters. The number of aryl methyl sites for hydroxylation is 3. The molecule has 0 bridgehead atoms. The van der Waals surface area contributed by atoms with Crippen LogP contribution in [0, 0.1) is 20.8 Å². The third kappa shape index (κ3) is 6.18. The highest BCUT2D eigenvalue weighted by Crippen LogP contribution is 2.25. The predicted molar refractivity (Wildman–Crippen MR) is 123 cm³/mol. The number of nitrogens with one attached hydrogen (secondary N) is 2. The summed E-state index contributed by atoms with van der Waals surface area (Å²) in [6.45, 7) is 7.24. The van der Waals surface area contributed by atoms with Crippen LogP contribution in [0.1, 0.15) is 29.2 Å². The molecule has 172 valence electrons. The molecule has 0 saturated carbocycles. The highest BCUT2D eigenvalue weighted by atomic mass is 32.2. The highest BCUT2D eigenvalue weighted by molar-refractivity contribution is 7.89. The maximum Gasteiger partial charge on any atom is 0.331 e. The molecule has 0 saturated heterocycles. The van der Waals surface area contributed by atoms with Gasteiger partial charge < -0.3 is 14.8 Å². The van der Waals surface area contributed by atoms with E-state index in [-0.39, 0.29) is 10.6 Å². The van der Waals surface area contributed by atoms with Gasteiger partial charge in [0, 0.05) is 11.8 Å².